The van der Waals surface area contributed by atoms with Crippen LogP contribution >= 0.6 is 0 Å². The Bertz CT molecular complexity index is 563. The average molecular weight is 242 g/mol. The lowest BCUT2D eigenvalue weighted by molar-refractivity contribution is 0.626. The first-order chi connectivity index (χ1) is 8.74. The minimum absolute atomic E-state index is 0.194. The van der Waals surface area contributed by atoms with Crippen molar-refractivity contribution in [2.45, 2.75) is 13.0 Å². The van der Waals surface area contributed by atoms with Gasteiger partial charge in [0.15, 0.2) is 0 Å². The summed E-state index contributed by atoms with van der Waals surface area (Å²) in [6.45, 7) is 1.75. The van der Waals surface area contributed by atoms with Crippen LogP contribution in [0.25, 0.3) is 0 Å². The van der Waals surface area contributed by atoms with Crippen molar-refractivity contribution in [3.63, 3.8) is 0 Å². The summed E-state index contributed by atoms with van der Waals surface area (Å²) in [5.74, 6) is -0.194. The van der Waals surface area contributed by atoms with Crippen LogP contribution in [-0.2, 0) is 13.0 Å². The van der Waals surface area contributed by atoms with Crippen molar-refractivity contribution in [1.29, 1.82) is 0 Å². The van der Waals surface area contributed by atoms with Crippen molar-refractivity contribution in [3.8, 4) is 0 Å². The van der Waals surface area contributed by atoms with Crippen LogP contribution in [0.1, 0.15) is 11.1 Å². The molecule has 0 aliphatic carbocycles. The summed E-state index contributed by atoms with van der Waals surface area (Å²) >= 11 is 0. The molecular weight excluding hydrogens is 227 g/mol. The highest BCUT2D eigenvalue weighted by Gasteiger charge is 2.21. The van der Waals surface area contributed by atoms with E-state index in [-0.39, 0.29) is 5.82 Å². The molecule has 0 radical (unpaired) electrons. The van der Waals surface area contributed by atoms with Gasteiger partial charge < -0.3 is 10.6 Å². The van der Waals surface area contributed by atoms with E-state index in [4.69, 9.17) is 5.73 Å². The van der Waals surface area contributed by atoms with E-state index in [1.165, 1.54) is 17.7 Å². The molecule has 0 saturated carbocycles. The molecule has 1 aliphatic heterocycles. The van der Waals surface area contributed by atoms with E-state index in [1.807, 2.05) is 24.3 Å². The normalized spacial score (nSPS) is 13.7. The lowest BCUT2D eigenvalue weighted by atomic mass is 10.1. The lowest BCUT2D eigenvalue weighted by Gasteiger charge is -2.21. The molecule has 1 heterocycles. The topological polar surface area (TPSA) is 29.3 Å². The summed E-state index contributed by atoms with van der Waals surface area (Å²) in [6.07, 6.45) is 1.03. The highest BCUT2D eigenvalue weighted by atomic mass is 19.1. The molecule has 0 spiro atoms. The first-order valence-corrected chi connectivity index (χ1v) is 6.11. The number of nitrogens with two attached hydrogens (primary N) is 1. The number of benzene rings is 2. The van der Waals surface area contributed by atoms with Crippen LogP contribution in [0.4, 0.5) is 15.8 Å². The second-order valence-corrected chi connectivity index (χ2v) is 4.65. The third-order valence-electron chi connectivity index (χ3n) is 3.40. The van der Waals surface area contributed by atoms with E-state index in [1.54, 1.807) is 0 Å². The fraction of sp³-hybridized carbons (Fsp3) is 0.200. The summed E-state index contributed by atoms with van der Waals surface area (Å²) in [5.41, 5.74) is 10.4. The molecule has 1 aliphatic rings. The number of rotatable bonds is 2. The van der Waals surface area contributed by atoms with Gasteiger partial charge in [-0.3, -0.25) is 0 Å². The smallest absolute Gasteiger partial charge is 0.123 e. The third kappa shape index (κ3) is 1.92. The monoisotopic (exact) mass is 242 g/mol. The molecular formula is C15H15FN2. The predicted molar refractivity (Wildman–Crippen MR) is 72.0 cm³/mol. The van der Waals surface area contributed by atoms with Crippen LogP contribution in [0.2, 0.25) is 0 Å². The number of nitrogens with zero attached hydrogens (tertiary/aromatic N) is 1. The van der Waals surface area contributed by atoms with Crippen LogP contribution in [0, 0.1) is 5.82 Å². The molecule has 2 aromatic rings. The first kappa shape index (κ1) is 11.1. The van der Waals surface area contributed by atoms with Gasteiger partial charge in [-0.15, -0.1) is 0 Å². The maximum Gasteiger partial charge on any atom is 0.123 e. The molecule has 2 N–H and O–H groups in total. The Hall–Kier alpha value is -2.03. The number of para-hydroxylation sites is 1. The highest BCUT2D eigenvalue weighted by Crippen LogP contribution is 2.34. The molecule has 0 atom stereocenters. The molecule has 92 valence electrons. The largest absolute Gasteiger partial charge is 0.397 e. The molecule has 0 unspecified atom stereocenters. The molecule has 3 rings (SSSR count). The van der Waals surface area contributed by atoms with Gasteiger partial charge in [0.05, 0.1) is 11.4 Å². The van der Waals surface area contributed by atoms with Crippen molar-refractivity contribution in [3.05, 3.63) is 59.4 Å². The van der Waals surface area contributed by atoms with Gasteiger partial charge in [0.25, 0.3) is 0 Å². The molecule has 0 bridgehead atoms. The molecule has 0 aromatic heterocycles. The Morgan fingerprint density at radius 3 is 2.67 bits per heavy atom. The SMILES string of the molecule is Nc1cccc2c1N(Cc1ccc(F)cc1)CC2. The quantitative estimate of drug-likeness (QED) is 0.820. The van der Waals surface area contributed by atoms with E-state index >= 15 is 0 Å². The van der Waals surface area contributed by atoms with Crippen molar-refractivity contribution in [2.75, 3.05) is 17.2 Å². The van der Waals surface area contributed by atoms with Gasteiger partial charge in [0, 0.05) is 13.1 Å². The highest BCUT2D eigenvalue weighted by molar-refractivity contribution is 5.74. The Kier molecular flexibility index (Phi) is 2.67. The van der Waals surface area contributed by atoms with Crippen molar-refractivity contribution in [2.24, 2.45) is 0 Å². The second kappa shape index (κ2) is 4.33. The summed E-state index contributed by atoms with van der Waals surface area (Å²) in [5, 5.41) is 0. The zero-order valence-electron chi connectivity index (χ0n) is 10.1. The zero-order chi connectivity index (χ0) is 12.5. The summed E-state index contributed by atoms with van der Waals surface area (Å²) in [6, 6.07) is 12.7. The Balaban J connectivity index is 1.86. The fourth-order valence-corrected chi connectivity index (χ4v) is 2.53. The molecule has 2 nitrogen and oxygen atoms in total. The number of fused-ring (bicyclic) bond motifs is 1. The average Bonchev–Trinajstić information content (AvgIpc) is 2.77. The van der Waals surface area contributed by atoms with Crippen molar-refractivity contribution >= 4 is 11.4 Å². The maximum absolute atomic E-state index is 12.9. The van der Waals surface area contributed by atoms with Crippen molar-refractivity contribution < 1.29 is 4.39 Å². The Morgan fingerprint density at radius 1 is 1.11 bits per heavy atom. The Labute approximate surface area is 106 Å². The molecule has 3 heteroatoms. The molecule has 2 aromatic carbocycles. The zero-order valence-corrected chi connectivity index (χ0v) is 10.1. The summed E-state index contributed by atoms with van der Waals surface area (Å²) in [4.78, 5) is 2.26. The number of hydrogen-bond acceptors (Lipinski definition) is 2. The van der Waals surface area contributed by atoms with Crippen LogP contribution in [0.3, 0.4) is 0 Å². The van der Waals surface area contributed by atoms with E-state index in [0.29, 0.717) is 0 Å². The molecule has 18 heavy (non-hydrogen) atoms. The van der Waals surface area contributed by atoms with Gasteiger partial charge in [-0.25, -0.2) is 4.39 Å². The van der Waals surface area contributed by atoms with Gasteiger partial charge in [0.1, 0.15) is 5.82 Å². The minimum atomic E-state index is -0.194. The van der Waals surface area contributed by atoms with Gasteiger partial charge >= 0.3 is 0 Å². The molecule has 0 saturated heterocycles. The Morgan fingerprint density at radius 2 is 1.89 bits per heavy atom. The van der Waals surface area contributed by atoms with Gasteiger partial charge in [-0.1, -0.05) is 24.3 Å². The predicted octanol–water partition coefficient (Wildman–Crippen LogP) is 2.97. The van der Waals surface area contributed by atoms with E-state index < -0.39 is 0 Å². The molecule has 0 amide bonds. The number of nitrogen functional groups attached to an aromatic ring is 1. The maximum atomic E-state index is 12.9. The van der Waals surface area contributed by atoms with E-state index in [0.717, 1.165) is 36.4 Å². The van der Waals surface area contributed by atoms with Crippen LogP contribution in [0.15, 0.2) is 42.5 Å². The van der Waals surface area contributed by atoms with Gasteiger partial charge in [0.2, 0.25) is 0 Å². The van der Waals surface area contributed by atoms with Crippen LogP contribution in [-0.4, -0.2) is 6.54 Å². The molecule has 0 fully saturated rings. The van der Waals surface area contributed by atoms with Crippen LogP contribution in [0.5, 0.6) is 0 Å². The fourth-order valence-electron chi connectivity index (χ4n) is 2.53. The standard InChI is InChI=1S/C15H15FN2/c16-13-6-4-11(5-7-13)10-18-9-8-12-2-1-3-14(17)15(12)18/h1-7H,8-10,17H2. The van der Waals surface area contributed by atoms with Crippen molar-refractivity contribution in [1.82, 2.24) is 0 Å². The number of hydrogen-bond donors (Lipinski definition) is 1. The summed E-state index contributed by atoms with van der Waals surface area (Å²) < 4.78 is 12.9. The second-order valence-electron chi connectivity index (χ2n) is 4.65. The summed E-state index contributed by atoms with van der Waals surface area (Å²) in [7, 11) is 0. The minimum Gasteiger partial charge on any atom is -0.397 e. The first-order valence-electron chi connectivity index (χ1n) is 6.11. The van der Waals surface area contributed by atoms with E-state index in [9.17, 15) is 4.39 Å². The number of anilines is 2. The van der Waals surface area contributed by atoms with E-state index in [2.05, 4.69) is 11.0 Å². The number of halogens is 1. The van der Waals surface area contributed by atoms with Gasteiger partial charge in [-0.05, 0) is 35.7 Å². The lowest BCUT2D eigenvalue weighted by Crippen LogP contribution is -2.20. The van der Waals surface area contributed by atoms with Gasteiger partial charge in [-0.2, -0.15) is 0 Å². The third-order valence-corrected chi connectivity index (χ3v) is 3.40. The van der Waals surface area contributed by atoms with Crippen LogP contribution < -0.4 is 10.6 Å².